The van der Waals surface area contributed by atoms with Crippen molar-refractivity contribution in [3.05, 3.63) is 22.7 Å². The highest BCUT2D eigenvalue weighted by Gasteiger charge is 2.21. The Kier molecular flexibility index (Phi) is 3.12. The number of nitrogens with zero attached hydrogens (tertiary/aromatic N) is 1. The summed E-state index contributed by atoms with van der Waals surface area (Å²) in [5.74, 6) is 0.462. The van der Waals surface area contributed by atoms with Crippen LogP contribution in [-0.4, -0.2) is 33.0 Å². The predicted octanol–water partition coefficient (Wildman–Crippen LogP) is 1.27. The van der Waals surface area contributed by atoms with E-state index >= 15 is 0 Å². The van der Waals surface area contributed by atoms with E-state index in [1.54, 1.807) is 0 Å². The van der Waals surface area contributed by atoms with Gasteiger partial charge < -0.3 is 10.6 Å². The molecule has 1 fully saturated rings. The molecule has 1 aromatic carbocycles. The number of nitrogens with two attached hydrogens (primary N) is 1. The maximum atomic E-state index is 11.3. The molecule has 0 saturated carbocycles. The van der Waals surface area contributed by atoms with Gasteiger partial charge in [0.05, 0.1) is 11.5 Å². The topological polar surface area (TPSA) is 63.4 Å². The van der Waals surface area contributed by atoms with Crippen LogP contribution in [-0.2, 0) is 9.84 Å². The van der Waals surface area contributed by atoms with Crippen LogP contribution in [0.5, 0.6) is 0 Å². The van der Waals surface area contributed by atoms with Gasteiger partial charge >= 0.3 is 0 Å². The molecule has 0 spiro atoms. The van der Waals surface area contributed by atoms with E-state index in [0.29, 0.717) is 18.8 Å². The van der Waals surface area contributed by atoms with Crippen LogP contribution in [0.3, 0.4) is 0 Å². The maximum absolute atomic E-state index is 11.3. The van der Waals surface area contributed by atoms with Crippen molar-refractivity contribution in [2.24, 2.45) is 0 Å². The van der Waals surface area contributed by atoms with Gasteiger partial charge in [0.2, 0.25) is 0 Å². The van der Waals surface area contributed by atoms with Gasteiger partial charge in [-0.1, -0.05) is 0 Å². The van der Waals surface area contributed by atoms with Crippen LogP contribution >= 0.6 is 15.9 Å². The van der Waals surface area contributed by atoms with Crippen LogP contribution in [0.15, 0.2) is 22.7 Å². The van der Waals surface area contributed by atoms with E-state index in [1.165, 1.54) is 0 Å². The van der Waals surface area contributed by atoms with Crippen LogP contribution < -0.4 is 10.6 Å². The van der Waals surface area contributed by atoms with Crippen molar-refractivity contribution in [3.8, 4) is 0 Å². The van der Waals surface area contributed by atoms with Gasteiger partial charge in [0.1, 0.15) is 0 Å². The van der Waals surface area contributed by atoms with Gasteiger partial charge in [-0.3, -0.25) is 0 Å². The summed E-state index contributed by atoms with van der Waals surface area (Å²) in [6, 6.07) is 5.66. The molecule has 1 aromatic rings. The molecule has 4 nitrogen and oxygen atoms in total. The first-order valence-electron chi connectivity index (χ1n) is 4.98. The monoisotopic (exact) mass is 304 g/mol. The zero-order chi connectivity index (χ0) is 11.8. The minimum Gasteiger partial charge on any atom is -0.398 e. The van der Waals surface area contributed by atoms with Crippen molar-refractivity contribution in [1.29, 1.82) is 0 Å². The molecule has 1 aliphatic rings. The van der Waals surface area contributed by atoms with E-state index in [0.717, 1.165) is 10.2 Å². The molecule has 6 heteroatoms. The van der Waals surface area contributed by atoms with E-state index in [4.69, 9.17) is 5.73 Å². The third-order valence-electron chi connectivity index (χ3n) is 2.69. The lowest BCUT2D eigenvalue weighted by atomic mass is 10.2. The van der Waals surface area contributed by atoms with Crippen LogP contribution in [0.4, 0.5) is 11.4 Å². The SMILES string of the molecule is Nc1ccc(N2CCS(=O)(=O)CC2)cc1Br. The van der Waals surface area contributed by atoms with Crippen molar-refractivity contribution in [1.82, 2.24) is 0 Å². The van der Waals surface area contributed by atoms with E-state index in [1.807, 2.05) is 18.2 Å². The van der Waals surface area contributed by atoms with Gasteiger partial charge in [0.25, 0.3) is 0 Å². The summed E-state index contributed by atoms with van der Waals surface area (Å²) in [6.45, 7) is 1.11. The van der Waals surface area contributed by atoms with Crippen LogP contribution in [0.2, 0.25) is 0 Å². The molecular formula is C10H13BrN2O2S. The molecule has 1 saturated heterocycles. The van der Waals surface area contributed by atoms with Gasteiger partial charge in [-0.25, -0.2) is 8.42 Å². The third kappa shape index (κ3) is 2.49. The highest BCUT2D eigenvalue weighted by molar-refractivity contribution is 9.10. The van der Waals surface area contributed by atoms with Gasteiger partial charge in [-0.2, -0.15) is 0 Å². The quantitative estimate of drug-likeness (QED) is 0.794. The van der Waals surface area contributed by atoms with Crippen molar-refractivity contribution >= 4 is 37.1 Å². The second kappa shape index (κ2) is 4.25. The van der Waals surface area contributed by atoms with Crippen molar-refractivity contribution in [2.75, 3.05) is 35.2 Å². The number of rotatable bonds is 1. The second-order valence-electron chi connectivity index (χ2n) is 3.84. The highest BCUT2D eigenvalue weighted by Crippen LogP contribution is 2.26. The number of sulfone groups is 1. The minimum atomic E-state index is -2.82. The van der Waals surface area contributed by atoms with Crippen LogP contribution in [0, 0.1) is 0 Å². The molecule has 1 aliphatic heterocycles. The predicted molar refractivity (Wildman–Crippen MR) is 69.4 cm³/mol. The lowest BCUT2D eigenvalue weighted by Gasteiger charge is -2.29. The molecule has 0 radical (unpaired) electrons. The lowest BCUT2D eigenvalue weighted by molar-refractivity contribution is 0.587. The Morgan fingerprint density at radius 1 is 1.25 bits per heavy atom. The molecule has 0 bridgehead atoms. The first-order chi connectivity index (χ1) is 7.48. The standard InChI is InChI=1S/C10H13BrN2O2S/c11-9-7-8(1-2-10(9)12)13-3-5-16(14,15)6-4-13/h1-2,7H,3-6,12H2. The van der Waals surface area contributed by atoms with E-state index in [9.17, 15) is 8.42 Å². The number of benzene rings is 1. The molecular weight excluding hydrogens is 292 g/mol. The first kappa shape index (κ1) is 11.7. The number of halogens is 1. The molecule has 2 N–H and O–H groups in total. The summed E-state index contributed by atoms with van der Waals surface area (Å²) in [4.78, 5) is 2.06. The summed E-state index contributed by atoms with van der Waals surface area (Å²) in [7, 11) is -2.82. The zero-order valence-electron chi connectivity index (χ0n) is 8.69. The van der Waals surface area contributed by atoms with Crippen molar-refractivity contribution in [2.45, 2.75) is 0 Å². The maximum Gasteiger partial charge on any atom is 0.153 e. The smallest absolute Gasteiger partial charge is 0.153 e. The largest absolute Gasteiger partial charge is 0.398 e. The number of anilines is 2. The fourth-order valence-corrected chi connectivity index (χ4v) is 3.25. The normalized spacial score (nSPS) is 19.7. The molecule has 1 heterocycles. The zero-order valence-corrected chi connectivity index (χ0v) is 11.1. The van der Waals surface area contributed by atoms with E-state index in [2.05, 4.69) is 20.8 Å². The molecule has 0 aromatic heterocycles. The van der Waals surface area contributed by atoms with Gasteiger partial charge in [0, 0.05) is 28.9 Å². The molecule has 0 atom stereocenters. The summed E-state index contributed by atoms with van der Waals surface area (Å²) in [6.07, 6.45) is 0. The third-order valence-corrected chi connectivity index (χ3v) is 4.99. The minimum absolute atomic E-state index is 0.231. The van der Waals surface area contributed by atoms with E-state index < -0.39 is 9.84 Å². The van der Waals surface area contributed by atoms with Gasteiger partial charge in [0.15, 0.2) is 9.84 Å². The Morgan fingerprint density at radius 2 is 1.88 bits per heavy atom. The summed E-state index contributed by atoms with van der Waals surface area (Å²) >= 11 is 3.37. The van der Waals surface area contributed by atoms with Gasteiger partial charge in [-0.15, -0.1) is 0 Å². The Labute approximate surface area is 103 Å². The van der Waals surface area contributed by atoms with Crippen molar-refractivity contribution in [3.63, 3.8) is 0 Å². The Morgan fingerprint density at radius 3 is 2.44 bits per heavy atom. The van der Waals surface area contributed by atoms with Crippen LogP contribution in [0.25, 0.3) is 0 Å². The summed E-state index contributed by atoms with van der Waals surface area (Å²) in [5, 5.41) is 0. The Balaban J connectivity index is 2.17. The number of hydrogen-bond acceptors (Lipinski definition) is 4. The number of hydrogen-bond donors (Lipinski definition) is 1. The van der Waals surface area contributed by atoms with E-state index in [-0.39, 0.29) is 11.5 Å². The second-order valence-corrected chi connectivity index (χ2v) is 7.00. The highest BCUT2D eigenvalue weighted by atomic mass is 79.9. The average molecular weight is 305 g/mol. The Bertz CT molecular complexity index is 488. The molecule has 0 aliphatic carbocycles. The Hall–Kier alpha value is -0.750. The number of nitrogen functional groups attached to an aromatic ring is 1. The molecule has 0 unspecified atom stereocenters. The first-order valence-corrected chi connectivity index (χ1v) is 7.60. The molecule has 0 amide bonds. The average Bonchev–Trinajstić information content (AvgIpc) is 2.22. The van der Waals surface area contributed by atoms with Crippen LogP contribution in [0.1, 0.15) is 0 Å². The molecule has 88 valence electrons. The van der Waals surface area contributed by atoms with Crippen molar-refractivity contribution < 1.29 is 8.42 Å². The molecule has 2 rings (SSSR count). The fraction of sp³-hybridized carbons (Fsp3) is 0.400. The molecule has 16 heavy (non-hydrogen) atoms. The summed E-state index contributed by atoms with van der Waals surface area (Å²) < 4.78 is 23.4. The fourth-order valence-electron chi connectivity index (χ4n) is 1.68. The summed E-state index contributed by atoms with van der Waals surface area (Å²) in [5.41, 5.74) is 7.40. The lowest BCUT2D eigenvalue weighted by Crippen LogP contribution is -2.40. The van der Waals surface area contributed by atoms with Gasteiger partial charge in [-0.05, 0) is 34.1 Å².